The molecular weight excluding hydrogens is 350 g/mol. The average Bonchev–Trinajstić information content (AvgIpc) is 3.13. The summed E-state index contributed by atoms with van der Waals surface area (Å²) in [5, 5.41) is 6.57. The van der Waals surface area contributed by atoms with Gasteiger partial charge in [0.2, 0.25) is 0 Å². The molecule has 0 spiro atoms. The number of benzene rings is 2. The van der Waals surface area contributed by atoms with Crippen molar-refractivity contribution in [2.24, 2.45) is 5.92 Å². The summed E-state index contributed by atoms with van der Waals surface area (Å²) in [5.74, 6) is -0.0557. The van der Waals surface area contributed by atoms with E-state index < -0.39 is 0 Å². The molecule has 5 nitrogen and oxygen atoms in total. The zero-order valence-electron chi connectivity index (χ0n) is 16.4. The van der Waals surface area contributed by atoms with Crippen molar-refractivity contribution in [1.29, 1.82) is 0 Å². The van der Waals surface area contributed by atoms with Crippen molar-refractivity contribution >= 4 is 22.5 Å². The lowest BCUT2D eigenvalue weighted by molar-refractivity contribution is 0.0627. The van der Waals surface area contributed by atoms with Gasteiger partial charge in [-0.3, -0.25) is 14.3 Å². The Kier molecular flexibility index (Phi) is 4.99. The molecule has 144 valence electrons. The number of amides is 1. The summed E-state index contributed by atoms with van der Waals surface area (Å²) in [6.07, 6.45) is 1.66. The summed E-state index contributed by atoms with van der Waals surface area (Å²) < 4.78 is 1.74. The first-order chi connectivity index (χ1) is 13.6. The number of fused-ring (bicyclic) bond motifs is 1. The molecule has 2 heterocycles. The summed E-state index contributed by atoms with van der Waals surface area (Å²) in [4.78, 5) is 28.0. The quantitative estimate of drug-likeness (QED) is 0.645. The van der Waals surface area contributed by atoms with Crippen molar-refractivity contribution in [2.75, 3.05) is 13.1 Å². The van der Waals surface area contributed by atoms with Gasteiger partial charge in [0.1, 0.15) is 5.69 Å². The van der Waals surface area contributed by atoms with E-state index in [1.807, 2.05) is 67.3 Å². The Labute approximate surface area is 165 Å². The number of carbonyl (C=O) groups is 2. The van der Waals surface area contributed by atoms with Gasteiger partial charge < -0.3 is 4.90 Å². The molecule has 1 aromatic heterocycles. The van der Waals surface area contributed by atoms with Crippen LogP contribution in [0.1, 0.15) is 46.3 Å². The van der Waals surface area contributed by atoms with Crippen LogP contribution in [0.2, 0.25) is 0 Å². The van der Waals surface area contributed by atoms with Crippen LogP contribution in [0.4, 0.5) is 0 Å². The molecule has 1 fully saturated rings. The number of piperidine rings is 1. The third kappa shape index (κ3) is 3.44. The van der Waals surface area contributed by atoms with E-state index in [4.69, 9.17) is 0 Å². The first kappa shape index (κ1) is 18.4. The number of nitrogens with zero attached hydrogens (tertiary/aromatic N) is 3. The van der Waals surface area contributed by atoms with E-state index in [1.165, 1.54) is 0 Å². The second-order valence-electron chi connectivity index (χ2n) is 7.50. The van der Waals surface area contributed by atoms with E-state index in [0.717, 1.165) is 34.9 Å². The summed E-state index contributed by atoms with van der Waals surface area (Å²) in [6.45, 7) is 5.69. The number of Topliss-reactive ketones (excluding diaryl/α,β-unsaturated/α-hetero) is 1. The largest absolute Gasteiger partial charge is 0.337 e. The predicted molar refractivity (Wildman–Crippen MR) is 110 cm³/mol. The van der Waals surface area contributed by atoms with Crippen molar-refractivity contribution in [3.05, 3.63) is 65.5 Å². The van der Waals surface area contributed by atoms with Crippen molar-refractivity contribution < 1.29 is 9.59 Å². The zero-order chi connectivity index (χ0) is 19.7. The first-order valence-corrected chi connectivity index (χ1v) is 9.93. The molecule has 4 rings (SSSR count). The lowest BCUT2D eigenvalue weighted by atomic mass is 9.89. The molecule has 0 unspecified atom stereocenters. The highest BCUT2D eigenvalue weighted by atomic mass is 16.2. The number of aryl methyl sites for hydroxylation is 2. The topological polar surface area (TPSA) is 55.2 Å². The first-order valence-electron chi connectivity index (χ1n) is 9.93. The fraction of sp³-hybridized carbons (Fsp3) is 0.348. The van der Waals surface area contributed by atoms with E-state index in [0.29, 0.717) is 25.3 Å². The Bertz CT molecular complexity index is 1040. The van der Waals surface area contributed by atoms with Crippen LogP contribution in [0.15, 0.2) is 48.5 Å². The molecule has 2 aromatic carbocycles. The molecule has 1 amide bonds. The zero-order valence-corrected chi connectivity index (χ0v) is 16.4. The summed E-state index contributed by atoms with van der Waals surface area (Å²) in [7, 11) is 0. The molecule has 0 bridgehead atoms. The van der Waals surface area contributed by atoms with Gasteiger partial charge in [0, 0.05) is 31.1 Å². The van der Waals surface area contributed by atoms with Gasteiger partial charge >= 0.3 is 0 Å². The summed E-state index contributed by atoms with van der Waals surface area (Å²) in [5.41, 5.74) is 2.18. The minimum atomic E-state index is -0.155. The minimum absolute atomic E-state index is 0.0292. The number of carbonyl (C=O) groups excluding carboxylic acids is 2. The smallest absolute Gasteiger partial charge is 0.272 e. The highest BCUT2D eigenvalue weighted by molar-refractivity contribution is 6.02. The molecule has 0 N–H and O–H groups in total. The normalized spacial score (nSPS) is 17.1. The van der Waals surface area contributed by atoms with E-state index in [1.54, 1.807) is 4.68 Å². The fourth-order valence-corrected chi connectivity index (χ4v) is 4.07. The number of aromatic nitrogens is 2. The maximum Gasteiger partial charge on any atom is 0.272 e. The Morgan fingerprint density at radius 3 is 2.68 bits per heavy atom. The number of likely N-dealkylation sites (tertiary alicyclic amines) is 1. The number of hydrogen-bond donors (Lipinski definition) is 0. The van der Waals surface area contributed by atoms with Crippen LogP contribution in [0.3, 0.4) is 0 Å². The van der Waals surface area contributed by atoms with Crippen molar-refractivity contribution in [3.63, 3.8) is 0 Å². The molecule has 1 saturated heterocycles. The molecule has 1 aliphatic heterocycles. The third-order valence-electron chi connectivity index (χ3n) is 5.53. The Morgan fingerprint density at radius 2 is 1.89 bits per heavy atom. The van der Waals surface area contributed by atoms with Gasteiger partial charge in [-0.05, 0) is 49.6 Å². The summed E-state index contributed by atoms with van der Waals surface area (Å²) >= 11 is 0. The maximum atomic E-state index is 13.1. The molecule has 1 atom stereocenters. The predicted octanol–water partition coefficient (Wildman–Crippen LogP) is 4.10. The van der Waals surface area contributed by atoms with Crippen LogP contribution in [0.25, 0.3) is 10.8 Å². The van der Waals surface area contributed by atoms with Gasteiger partial charge in [0.25, 0.3) is 5.91 Å². The Morgan fingerprint density at radius 1 is 1.11 bits per heavy atom. The van der Waals surface area contributed by atoms with E-state index in [2.05, 4.69) is 5.10 Å². The van der Waals surface area contributed by atoms with Crippen LogP contribution in [-0.4, -0.2) is 39.5 Å². The van der Waals surface area contributed by atoms with Crippen molar-refractivity contribution in [2.45, 2.75) is 33.2 Å². The van der Waals surface area contributed by atoms with Crippen molar-refractivity contribution in [1.82, 2.24) is 14.7 Å². The molecule has 5 heteroatoms. The van der Waals surface area contributed by atoms with E-state index >= 15 is 0 Å². The number of ketones is 1. The standard InChI is InChI=1S/C23H25N3O2/c1-3-26-21(13-16(2)24-26)23(28)25-12-6-9-20(15-25)22(27)19-11-10-17-7-4-5-8-18(17)14-19/h4-5,7-8,10-11,13-14,20H,3,6,9,12,15H2,1-2H3/t20-/m0/s1. The highest BCUT2D eigenvalue weighted by Crippen LogP contribution is 2.24. The van der Waals surface area contributed by atoms with Gasteiger partial charge in [-0.25, -0.2) is 0 Å². The lowest BCUT2D eigenvalue weighted by Crippen LogP contribution is -2.43. The third-order valence-corrected chi connectivity index (χ3v) is 5.53. The van der Waals surface area contributed by atoms with Crippen LogP contribution < -0.4 is 0 Å². The van der Waals surface area contributed by atoms with E-state index in [9.17, 15) is 9.59 Å². The Hall–Kier alpha value is -2.95. The molecule has 0 aliphatic carbocycles. The monoisotopic (exact) mass is 375 g/mol. The lowest BCUT2D eigenvalue weighted by Gasteiger charge is -2.32. The molecular formula is C23H25N3O2. The summed E-state index contributed by atoms with van der Waals surface area (Å²) in [6, 6.07) is 15.8. The van der Waals surface area contributed by atoms with Crippen LogP contribution >= 0.6 is 0 Å². The fourth-order valence-electron chi connectivity index (χ4n) is 4.07. The van der Waals surface area contributed by atoms with Gasteiger partial charge in [-0.2, -0.15) is 5.10 Å². The van der Waals surface area contributed by atoms with Crippen LogP contribution in [0.5, 0.6) is 0 Å². The van der Waals surface area contributed by atoms with Gasteiger partial charge in [0.05, 0.1) is 5.69 Å². The molecule has 0 saturated carbocycles. The van der Waals surface area contributed by atoms with Gasteiger partial charge in [-0.1, -0.05) is 36.4 Å². The number of rotatable bonds is 4. The second kappa shape index (κ2) is 7.58. The minimum Gasteiger partial charge on any atom is -0.337 e. The van der Waals surface area contributed by atoms with Gasteiger partial charge in [-0.15, -0.1) is 0 Å². The molecule has 28 heavy (non-hydrogen) atoms. The van der Waals surface area contributed by atoms with Gasteiger partial charge in [0.15, 0.2) is 5.78 Å². The second-order valence-corrected chi connectivity index (χ2v) is 7.50. The SMILES string of the molecule is CCn1nc(C)cc1C(=O)N1CCC[C@H](C(=O)c2ccc3ccccc3c2)C1. The number of hydrogen-bond acceptors (Lipinski definition) is 3. The molecule has 1 aliphatic rings. The van der Waals surface area contributed by atoms with E-state index in [-0.39, 0.29) is 17.6 Å². The van der Waals surface area contributed by atoms with Crippen molar-refractivity contribution in [3.8, 4) is 0 Å². The van der Waals surface area contributed by atoms with Crippen LogP contribution in [0, 0.1) is 12.8 Å². The molecule has 3 aromatic rings. The maximum absolute atomic E-state index is 13.1. The Balaban J connectivity index is 1.54. The molecule has 0 radical (unpaired) electrons. The average molecular weight is 375 g/mol. The highest BCUT2D eigenvalue weighted by Gasteiger charge is 2.30. The van der Waals surface area contributed by atoms with Crippen LogP contribution in [-0.2, 0) is 6.54 Å².